The lowest BCUT2D eigenvalue weighted by atomic mass is 9.70. The van der Waals surface area contributed by atoms with E-state index in [0.29, 0.717) is 12.0 Å². The number of hydrogen-bond acceptors (Lipinski definition) is 0. The number of fused-ring (bicyclic) bond motifs is 1. The van der Waals surface area contributed by atoms with Gasteiger partial charge in [0, 0.05) is 0 Å². The molecule has 0 saturated heterocycles. The zero-order chi connectivity index (χ0) is 11.1. The Morgan fingerprint density at radius 2 is 2.00 bits per heavy atom. The molecule has 15 heavy (non-hydrogen) atoms. The zero-order valence-corrected chi connectivity index (χ0v) is 8.76. The molecule has 0 bridgehead atoms. The fraction of sp³-hybridized carbons (Fsp3) is 0.385. The molecule has 1 unspecified atom stereocenters. The number of halogens is 2. The lowest BCUT2D eigenvalue weighted by molar-refractivity contribution is 0.0391. The van der Waals surface area contributed by atoms with E-state index in [1.807, 2.05) is 24.3 Å². The van der Waals surface area contributed by atoms with Crippen LogP contribution in [0.15, 0.2) is 30.8 Å². The van der Waals surface area contributed by atoms with Crippen LogP contribution in [0.5, 0.6) is 0 Å². The predicted molar refractivity (Wildman–Crippen MR) is 57.9 cm³/mol. The molecule has 0 fully saturated rings. The number of benzene rings is 1. The van der Waals surface area contributed by atoms with Crippen LogP contribution in [0, 0.1) is 5.41 Å². The lowest BCUT2D eigenvalue weighted by Gasteiger charge is -2.36. The third-order valence-corrected chi connectivity index (χ3v) is 3.43. The Bertz CT molecular complexity index is 395. The number of aryl methyl sites for hydroxylation is 1. The van der Waals surface area contributed by atoms with Crippen LogP contribution >= 0.6 is 0 Å². The van der Waals surface area contributed by atoms with E-state index in [4.69, 9.17) is 0 Å². The van der Waals surface area contributed by atoms with Crippen LogP contribution in [0.1, 0.15) is 24.5 Å². The van der Waals surface area contributed by atoms with Gasteiger partial charge in [-0.25, -0.2) is 8.78 Å². The number of hydrogen-bond donors (Lipinski definition) is 0. The van der Waals surface area contributed by atoms with Gasteiger partial charge in [0.25, 0.3) is 0 Å². The molecule has 1 atom stereocenters. The number of rotatable bonds is 1. The Hall–Kier alpha value is -1.18. The van der Waals surface area contributed by atoms with E-state index >= 15 is 0 Å². The largest absolute Gasteiger partial charge is 0.247 e. The highest BCUT2D eigenvalue weighted by atomic mass is 19.3. The van der Waals surface area contributed by atoms with E-state index in [1.165, 1.54) is 0 Å². The summed E-state index contributed by atoms with van der Waals surface area (Å²) in [7, 11) is 0. The molecular formula is C13H14F2. The van der Waals surface area contributed by atoms with Crippen molar-refractivity contribution in [2.45, 2.75) is 26.2 Å². The minimum atomic E-state index is -2.33. The SMILES string of the molecule is C=C1c2ccccc2CCC1(C)C(F)F. The average Bonchev–Trinajstić information content (AvgIpc) is 2.24. The van der Waals surface area contributed by atoms with Crippen molar-refractivity contribution in [3.8, 4) is 0 Å². The van der Waals surface area contributed by atoms with Gasteiger partial charge in [-0.1, -0.05) is 37.8 Å². The summed E-state index contributed by atoms with van der Waals surface area (Å²) in [5.41, 5.74) is 1.58. The van der Waals surface area contributed by atoms with E-state index in [0.717, 1.165) is 17.5 Å². The van der Waals surface area contributed by atoms with Crippen molar-refractivity contribution in [2.24, 2.45) is 5.41 Å². The summed E-state index contributed by atoms with van der Waals surface area (Å²) in [5.74, 6) is 0. The van der Waals surface area contributed by atoms with Crippen molar-refractivity contribution in [2.75, 3.05) is 0 Å². The van der Waals surface area contributed by atoms with Crippen LogP contribution in [0.2, 0.25) is 0 Å². The molecular weight excluding hydrogens is 194 g/mol. The van der Waals surface area contributed by atoms with Crippen molar-refractivity contribution in [3.63, 3.8) is 0 Å². The van der Waals surface area contributed by atoms with Crippen LogP contribution < -0.4 is 0 Å². The van der Waals surface area contributed by atoms with Gasteiger partial charge in [-0.3, -0.25) is 0 Å². The highest BCUT2D eigenvalue weighted by Crippen LogP contribution is 2.47. The molecule has 0 spiro atoms. The molecule has 0 aromatic heterocycles. The van der Waals surface area contributed by atoms with Gasteiger partial charge in [0.1, 0.15) is 0 Å². The quantitative estimate of drug-likeness (QED) is 0.656. The number of allylic oxidation sites excluding steroid dienone is 1. The van der Waals surface area contributed by atoms with E-state index in [2.05, 4.69) is 6.58 Å². The van der Waals surface area contributed by atoms with Crippen LogP contribution in [0.3, 0.4) is 0 Å². The highest BCUT2D eigenvalue weighted by Gasteiger charge is 2.41. The van der Waals surface area contributed by atoms with E-state index in [1.54, 1.807) is 6.92 Å². The molecule has 0 aliphatic heterocycles. The second kappa shape index (κ2) is 3.44. The normalized spacial score (nSPS) is 25.5. The minimum absolute atomic E-state index is 0.487. The fourth-order valence-corrected chi connectivity index (χ4v) is 2.13. The maximum absolute atomic E-state index is 13.0. The summed E-state index contributed by atoms with van der Waals surface area (Å²) < 4.78 is 26.0. The van der Waals surface area contributed by atoms with Gasteiger partial charge in [0.15, 0.2) is 0 Å². The lowest BCUT2D eigenvalue weighted by Crippen LogP contribution is -2.31. The van der Waals surface area contributed by atoms with E-state index in [9.17, 15) is 8.78 Å². The Morgan fingerprint density at radius 3 is 2.67 bits per heavy atom. The average molecular weight is 208 g/mol. The van der Waals surface area contributed by atoms with Gasteiger partial charge >= 0.3 is 0 Å². The summed E-state index contributed by atoms with van der Waals surface area (Å²) >= 11 is 0. The van der Waals surface area contributed by atoms with Gasteiger partial charge < -0.3 is 0 Å². The summed E-state index contributed by atoms with van der Waals surface area (Å²) in [6.45, 7) is 5.46. The van der Waals surface area contributed by atoms with Gasteiger partial charge in [-0.2, -0.15) is 0 Å². The van der Waals surface area contributed by atoms with Crippen LogP contribution in [0.4, 0.5) is 8.78 Å². The molecule has 0 saturated carbocycles. The van der Waals surface area contributed by atoms with Gasteiger partial charge in [-0.15, -0.1) is 0 Å². The van der Waals surface area contributed by atoms with Crippen LogP contribution in [0.25, 0.3) is 5.57 Å². The first-order valence-corrected chi connectivity index (χ1v) is 5.11. The maximum atomic E-state index is 13.0. The Kier molecular flexibility index (Phi) is 2.37. The first-order valence-electron chi connectivity index (χ1n) is 5.11. The number of alkyl halides is 2. The second-order valence-electron chi connectivity index (χ2n) is 4.35. The fourth-order valence-electron chi connectivity index (χ4n) is 2.13. The Balaban J connectivity index is 2.46. The maximum Gasteiger partial charge on any atom is 0.247 e. The molecule has 0 heterocycles. The Labute approximate surface area is 88.6 Å². The molecule has 1 aromatic rings. The molecule has 80 valence electrons. The molecule has 1 aliphatic rings. The van der Waals surface area contributed by atoms with Crippen LogP contribution in [-0.2, 0) is 6.42 Å². The molecule has 0 N–H and O–H groups in total. The van der Waals surface area contributed by atoms with Crippen LogP contribution in [-0.4, -0.2) is 6.43 Å². The monoisotopic (exact) mass is 208 g/mol. The second-order valence-corrected chi connectivity index (χ2v) is 4.35. The standard InChI is InChI=1S/C13H14F2/c1-9-11-6-4-3-5-10(11)7-8-13(9,2)12(14)15/h3-6,12H,1,7-8H2,2H3. The molecule has 0 radical (unpaired) electrons. The molecule has 1 aromatic carbocycles. The van der Waals surface area contributed by atoms with E-state index < -0.39 is 11.8 Å². The molecule has 2 heteroatoms. The smallest absolute Gasteiger partial charge is 0.210 e. The predicted octanol–water partition coefficient (Wildman–Crippen LogP) is 3.92. The van der Waals surface area contributed by atoms with Gasteiger partial charge in [0.2, 0.25) is 6.43 Å². The summed E-state index contributed by atoms with van der Waals surface area (Å²) in [4.78, 5) is 0. The first kappa shape index (κ1) is 10.3. The van der Waals surface area contributed by atoms with Crippen molar-refractivity contribution in [1.82, 2.24) is 0 Å². The third kappa shape index (κ3) is 1.48. The molecule has 2 rings (SSSR count). The highest BCUT2D eigenvalue weighted by molar-refractivity contribution is 5.72. The Morgan fingerprint density at radius 1 is 1.33 bits per heavy atom. The summed E-state index contributed by atoms with van der Waals surface area (Å²) in [6, 6.07) is 7.70. The first-order chi connectivity index (χ1) is 7.05. The third-order valence-electron chi connectivity index (χ3n) is 3.43. The van der Waals surface area contributed by atoms with E-state index in [-0.39, 0.29) is 0 Å². The van der Waals surface area contributed by atoms with Crippen molar-refractivity contribution in [3.05, 3.63) is 42.0 Å². The van der Waals surface area contributed by atoms with Gasteiger partial charge in [-0.05, 0) is 29.5 Å². The van der Waals surface area contributed by atoms with Crippen molar-refractivity contribution < 1.29 is 8.78 Å². The summed E-state index contributed by atoms with van der Waals surface area (Å²) in [5, 5.41) is 0. The van der Waals surface area contributed by atoms with Crippen molar-refractivity contribution >= 4 is 5.57 Å². The zero-order valence-electron chi connectivity index (χ0n) is 8.76. The molecule has 0 amide bonds. The topological polar surface area (TPSA) is 0 Å². The van der Waals surface area contributed by atoms with Gasteiger partial charge in [0.05, 0.1) is 5.41 Å². The van der Waals surface area contributed by atoms with Crippen molar-refractivity contribution in [1.29, 1.82) is 0 Å². The minimum Gasteiger partial charge on any atom is -0.210 e. The molecule has 1 aliphatic carbocycles. The molecule has 0 nitrogen and oxygen atoms in total. The summed E-state index contributed by atoms with van der Waals surface area (Å²) in [6.07, 6.45) is -1.13.